The number of alkyl halides is 1. The molecule has 1 aromatic rings. The van der Waals surface area contributed by atoms with Crippen LogP contribution in [0.2, 0.25) is 0 Å². The number of benzene rings is 1. The minimum Gasteiger partial charge on any atom is -0.504 e. The number of ether oxygens (including phenoxy) is 1. The average molecular weight is 356 g/mol. The summed E-state index contributed by atoms with van der Waals surface area (Å²) in [7, 11) is 1.50. The first-order chi connectivity index (χ1) is 10.2. The van der Waals surface area contributed by atoms with Crippen molar-refractivity contribution in [3.8, 4) is 11.5 Å². The zero-order chi connectivity index (χ0) is 15.2. The number of hydrogen-bond donors (Lipinski definition) is 1. The number of carbonyl (C=O) groups is 1. The number of rotatable bonds is 5. The Kier molecular flexibility index (Phi) is 5.91. The highest BCUT2D eigenvalue weighted by Crippen LogP contribution is 2.29. The van der Waals surface area contributed by atoms with Crippen LogP contribution in [0.1, 0.15) is 42.5 Å². The van der Waals surface area contributed by atoms with Crippen LogP contribution in [0, 0.1) is 0 Å². The number of phenols is 1. The van der Waals surface area contributed by atoms with Crippen LogP contribution in [-0.2, 0) is 0 Å². The fourth-order valence-corrected chi connectivity index (χ4v) is 3.30. The standard InChI is InChI=1S/C16H22BrNO3/c1-21-15-8-7-12(11-14(15)19)16(20)18(10-9-17)13-5-3-2-4-6-13/h7-8,11,13,19H,2-6,9-10H2,1H3. The second-order valence-corrected chi connectivity index (χ2v) is 6.16. The van der Waals surface area contributed by atoms with Crippen molar-refractivity contribution in [1.29, 1.82) is 0 Å². The smallest absolute Gasteiger partial charge is 0.254 e. The Labute approximate surface area is 134 Å². The largest absolute Gasteiger partial charge is 0.504 e. The van der Waals surface area contributed by atoms with Crippen LogP contribution in [0.5, 0.6) is 11.5 Å². The monoisotopic (exact) mass is 355 g/mol. The summed E-state index contributed by atoms with van der Waals surface area (Å²) in [5, 5.41) is 10.6. The van der Waals surface area contributed by atoms with Crippen LogP contribution in [0.4, 0.5) is 0 Å². The van der Waals surface area contributed by atoms with Gasteiger partial charge in [-0.05, 0) is 31.0 Å². The molecule has 0 unspecified atom stereocenters. The SMILES string of the molecule is COc1ccc(C(=O)N(CCBr)C2CCCCC2)cc1O. The van der Waals surface area contributed by atoms with Gasteiger partial charge in [-0.3, -0.25) is 4.79 Å². The van der Waals surface area contributed by atoms with E-state index in [9.17, 15) is 9.90 Å². The van der Waals surface area contributed by atoms with Gasteiger partial charge in [0.25, 0.3) is 5.91 Å². The van der Waals surface area contributed by atoms with Crippen LogP contribution in [0.15, 0.2) is 18.2 Å². The zero-order valence-electron chi connectivity index (χ0n) is 12.3. The fraction of sp³-hybridized carbons (Fsp3) is 0.562. The molecule has 1 fully saturated rings. The predicted molar refractivity (Wildman–Crippen MR) is 86.4 cm³/mol. The number of halogens is 1. The van der Waals surface area contributed by atoms with E-state index in [4.69, 9.17) is 4.74 Å². The Hall–Kier alpha value is -1.23. The highest BCUT2D eigenvalue weighted by molar-refractivity contribution is 9.09. The number of carbonyl (C=O) groups excluding carboxylic acids is 1. The lowest BCUT2D eigenvalue weighted by molar-refractivity contribution is 0.0650. The molecule has 0 atom stereocenters. The van der Waals surface area contributed by atoms with Crippen molar-refractivity contribution in [2.24, 2.45) is 0 Å². The van der Waals surface area contributed by atoms with Crippen molar-refractivity contribution in [2.45, 2.75) is 38.1 Å². The Morgan fingerprint density at radius 3 is 2.67 bits per heavy atom. The molecule has 1 amide bonds. The molecule has 0 saturated heterocycles. The molecule has 21 heavy (non-hydrogen) atoms. The Morgan fingerprint density at radius 2 is 2.10 bits per heavy atom. The van der Waals surface area contributed by atoms with Crippen molar-refractivity contribution < 1.29 is 14.6 Å². The number of nitrogens with zero attached hydrogens (tertiary/aromatic N) is 1. The second kappa shape index (κ2) is 7.69. The first-order valence-corrected chi connectivity index (χ1v) is 8.53. The first kappa shape index (κ1) is 16.1. The van der Waals surface area contributed by atoms with E-state index in [-0.39, 0.29) is 11.7 Å². The van der Waals surface area contributed by atoms with E-state index in [1.165, 1.54) is 32.4 Å². The van der Waals surface area contributed by atoms with Crippen molar-refractivity contribution in [3.05, 3.63) is 23.8 Å². The van der Waals surface area contributed by atoms with Gasteiger partial charge in [0.05, 0.1) is 7.11 Å². The molecular weight excluding hydrogens is 334 g/mol. The number of aromatic hydroxyl groups is 1. The molecular formula is C16H22BrNO3. The third-order valence-electron chi connectivity index (χ3n) is 4.03. The maximum Gasteiger partial charge on any atom is 0.254 e. The van der Waals surface area contributed by atoms with Crippen molar-refractivity contribution in [3.63, 3.8) is 0 Å². The van der Waals surface area contributed by atoms with Crippen LogP contribution >= 0.6 is 15.9 Å². The highest BCUT2D eigenvalue weighted by Gasteiger charge is 2.26. The van der Waals surface area contributed by atoms with Crippen LogP contribution in [-0.4, -0.2) is 40.9 Å². The van der Waals surface area contributed by atoms with E-state index < -0.39 is 0 Å². The van der Waals surface area contributed by atoms with Gasteiger partial charge in [0.2, 0.25) is 0 Å². The molecule has 0 spiro atoms. The van der Waals surface area contributed by atoms with Crippen LogP contribution < -0.4 is 4.74 Å². The molecule has 0 radical (unpaired) electrons. The highest BCUT2D eigenvalue weighted by atomic mass is 79.9. The molecule has 1 saturated carbocycles. The molecule has 0 aliphatic heterocycles. The molecule has 1 N–H and O–H groups in total. The third kappa shape index (κ3) is 3.90. The van der Waals surface area contributed by atoms with E-state index >= 15 is 0 Å². The Bertz CT molecular complexity index is 486. The average Bonchev–Trinajstić information content (AvgIpc) is 2.52. The van der Waals surface area contributed by atoms with E-state index in [1.807, 2.05) is 4.90 Å². The van der Waals surface area contributed by atoms with Gasteiger partial charge in [-0.2, -0.15) is 0 Å². The van der Waals surface area contributed by atoms with Gasteiger partial charge in [-0.1, -0.05) is 35.2 Å². The summed E-state index contributed by atoms with van der Waals surface area (Å²) in [6.45, 7) is 0.691. The zero-order valence-corrected chi connectivity index (χ0v) is 13.9. The van der Waals surface area contributed by atoms with E-state index in [0.29, 0.717) is 23.9 Å². The van der Waals surface area contributed by atoms with Crippen LogP contribution in [0.25, 0.3) is 0 Å². The minimum absolute atomic E-state index is 0.00536. The van der Waals surface area contributed by atoms with Crippen LogP contribution in [0.3, 0.4) is 0 Å². The number of phenolic OH excluding ortho intramolecular Hbond substituents is 1. The fourth-order valence-electron chi connectivity index (χ4n) is 2.92. The van der Waals surface area contributed by atoms with E-state index in [1.54, 1.807) is 12.1 Å². The molecule has 4 nitrogen and oxygen atoms in total. The molecule has 1 aromatic carbocycles. The lowest BCUT2D eigenvalue weighted by Crippen LogP contribution is -2.42. The summed E-state index contributed by atoms with van der Waals surface area (Å²) in [6, 6.07) is 5.15. The lowest BCUT2D eigenvalue weighted by atomic mass is 9.93. The van der Waals surface area contributed by atoms with Gasteiger partial charge in [-0.25, -0.2) is 0 Å². The van der Waals surface area contributed by atoms with Gasteiger partial charge < -0.3 is 14.7 Å². The summed E-state index contributed by atoms with van der Waals surface area (Å²) in [4.78, 5) is 14.7. The Balaban J connectivity index is 2.19. The predicted octanol–water partition coefficient (Wildman–Crippen LogP) is 3.57. The molecule has 1 aliphatic carbocycles. The summed E-state index contributed by atoms with van der Waals surface area (Å²) in [6.07, 6.45) is 5.77. The summed E-state index contributed by atoms with van der Waals surface area (Å²) >= 11 is 3.43. The number of hydrogen-bond acceptors (Lipinski definition) is 3. The van der Waals surface area contributed by atoms with Crippen molar-refractivity contribution >= 4 is 21.8 Å². The minimum atomic E-state index is -0.0145. The van der Waals surface area contributed by atoms with Gasteiger partial charge in [0.15, 0.2) is 11.5 Å². The maximum absolute atomic E-state index is 12.7. The second-order valence-electron chi connectivity index (χ2n) is 5.37. The third-order valence-corrected chi connectivity index (χ3v) is 4.38. The normalized spacial score (nSPS) is 15.7. The molecule has 5 heteroatoms. The van der Waals surface area contributed by atoms with Gasteiger partial charge in [0.1, 0.15) is 0 Å². The van der Waals surface area contributed by atoms with Crippen molar-refractivity contribution in [2.75, 3.05) is 19.0 Å². The molecule has 0 bridgehead atoms. The topological polar surface area (TPSA) is 49.8 Å². The van der Waals surface area contributed by atoms with Gasteiger partial charge in [-0.15, -0.1) is 0 Å². The quantitative estimate of drug-likeness (QED) is 0.821. The molecule has 2 rings (SSSR count). The van der Waals surface area contributed by atoms with Crippen molar-refractivity contribution in [1.82, 2.24) is 4.90 Å². The summed E-state index contributed by atoms with van der Waals surface area (Å²) < 4.78 is 5.02. The van der Waals surface area contributed by atoms with E-state index in [0.717, 1.165) is 18.2 Å². The first-order valence-electron chi connectivity index (χ1n) is 7.41. The summed E-state index contributed by atoms with van der Waals surface area (Å²) in [5.74, 6) is 0.376. The maximum atomic E-state index is 12.7. The van der Waals surface area contributed by atoms with Gasteiger partial charge >= 0.3 is 0 Å². The summed E-state index contributed by atoms with van der Waals surface area (Å²) in [5.41, 5.74) is 0.514. The molecule has 1 aliphatic rings. The lowest BCUT2D eigenvalue weighted by Gasteiger charge is -2.34. The molecule has 116 valence electrons. The number of methoxy groups -OCH3 is 1. The van der Waals surface area contributed by atoms with E-state index in [2.05, 4.69) is 15.9 Å². The number of amides is 1. The Morgan fingerprint density at radius 1 is 1.38 bits per heavy atom. The van der Waals surface area contributed by atoms with Gasteiger partial charge in [0, 0.05) is 23.5 Å². The molecule has 0 aromatic heterocycles. The molecule has 0 heterocycles.